The highest BCUT2D eigenvalue weighted by Crippen LogP contribution is 2.25. The monoisotopic (exact) mass is 284 g/mol. The summed E-state index contributed by atoms with van der Waals surface area (Å²) in [5.74, 6) is 0.369. The van der Waals surface area contributed by atoms with Gasteiger partial charge in [0.2, 0.25) is 0 Å². The number of nitrogens with one attached hydrogen (secondary N) is 1. The van der Waals surface area contributed by atoms with Crippen LogP contribution in [0.2, 0.25) is 5.02 Å². The summed E-state index contributed by atoms with van der Waals surface area (Å²) in [5.41, 5.74) is 0.668. The Labute approximate surface area is 119 Å². The van der Waals surface area contributed by atoms with Crippen LogP contribution < -0.4 is 10.2 Å². The van der Waals surface area contributed by atoms with Crippen LogP contribution >= 0.6 is 11.6 Å². The predicted molar refractivity (Wildman–Crippen MR) is 79.5 cm³/mol. The molecule has 0 radical (unpaired) electrons. The van der Waals surface area contributed by atoms with Gasteiger partial charge in [-0.2, -0.15) is 0 Å². The first-order chi connectivity index (χ1) is 9.11. The lowest BCUT2D eigenvalue weighted by atomic mass is 9.99. The summed E-state index contributed by atoms with van der Waals surface area (Å²) >= 11 is 5.82. The van der Waals surface area contributed by atoms with Gasteiger partial charge in [0.25, 0.3) is 0 Å². The summed E-state index contributed by atoms with van der Waals surface area (Å²) in [4.78, 5) is 2.14. The molecule has 1 N–H and O–H groups in total. The lowest BCUT2D eigenvalue weighted by Gasteiger charge is -2.29. The number of hydrogen-bond donors (Lipinski definition) is 1. The molecule has 1 aliphatic heterocycles. The molecule has 0 aromatic heterocycles. The van der Waals surface area contributed by atoms with Gasteiger partial charge in [-0.25, -0.2) is 4.39 Å². The van der Waals surface area contributed by atoms with E-state index in [0.717, 1.165) is 32.5 Å². The number of halogens is 2. The van der Waals surface area contributed by atoms with Crippen LogP contribution in [0.3, 0.4) is 0 Å². The van der Waals surface area contributed by atoms with E-state index < -0.39 is 0 Å². The van der Waals surface area contributed by atoms with Crippen LogP contribution in [0, 0.1) is 11.7 Å². The molecule has 1 aliphatic rings. The summed E-state index contributed by atoms with van der Waals surface area (Å²) in [6.45, 7) is 7.19. The largest absolute Gasteiger partial charge is 0.368 e. The molecule has 0 saturated carbocycles. The van der Waals surface area contributed by atoms with Gasteiger partial charge in [-0.15, -0.1) is 0 Å². The molecule has 1 fully saturated rings. The van der Waals surface area contributed by atoms with Gasteiger partial charge in [0.1, 0.15) is 5.82 Å². The van der Waals surface area contributed by atoms with E-state index >= 15 is 0 Å². The maximum absolute atomic E-state index is 14.0. The van der Waals surface area contributed by atoms with E-state index in [9.17, 15) is 4.39 Å². The van der Waals surface area contributed by atoms with Crippen molar-refractivity contribution in [2.24, 2.45) is 5.92 Å². The van der Waals surface area contributed by atoms with E-state index in [0.29, 0.717) is 22.7 Å². The first-order valence-electron chi connectivity index (χ1n) is 7.05. The van der Waals surface area contributed by atoms with Crippen LogP contribution in [-0.4, -0.2) is 25.7 Å². The molecule has 2 rings (SSSR count). The Morgan fingerprint density at radius 2 is 2.32 bits per heavy atom. The van der Waals surface area contributed by atoms with Crippen LogP contribution in [0.5, 0.6) is 0 Å². The molecule has 1 heterocycles. The van der Waals surface area contributed by atoms with Crippen LogP contribution in [0.25, 0.3) is 0 Å². The number of nitrogens with zero attached hydrogens (tertiary/aromatic N) is 1. The third-order valence-electron chi connectivity index (χ3n) is 4.01. The molecule has 1 aromatic carbocycles. The van der Waals surface area contributed by atoms with Crippen molar-refractivity contribution >= 4 is 17.3 Å². The van der Waals surface area contributed by atoms with Gasteiger partial charge in [0.15, 0.2) is 0 Å². The maximum atomic E-state index is 14.0. The Kier molecular flexibility index (Phi) is 5.06. The highest BCUT2D eigenvalue weighted by Gasteiger charge is 2.23. The van der Waals surface area contributed by atoms with E-state index in [1.165, 1.54) is 6.07 Å². The SMILES string of the molecule is CCC(C)C1CN(c2ccc(Cl)cc2F)CCCN1. The first kappa shape index (κ1) is 14.6. The molecule has 106 valence electrons. The van der Waals surface area contributed by atoms with Crippen molar-refractivity contribution in [3.63, 3.8) is 0 Å². The minimum Gasteiger partial charge on any atom is -0.368 e. The van der Waals surface area contributed by atoms with Crippen molar-refractivity contribution < 1.29 is 4.39 Å². The Morgan fingerprint density at radius 3 is 3.00 bits per heavy atom. The summed E-state index contributed by atoms with van der Waals surface area (Å²) in [6.07, 6.45) is 2.17. The number of anilines is 1. The average molecular weight is 285 g/mol. The molecule has 4 heteroatoms. The van der Waals surface area contributed by atoms with Crippen molar-refractivity contribution in [3.8, 4) is 0 Å². The second kappa shape index (κ2) is 6.58. The molecular formula is C15H22ClFN2. The molecule has 2 unspecified atom stereocenters. The van der Waals surface area contributed by atoms with Gasteiger partial charge >= 0.3 is 0 Å². The van der Waals surface area contributed by atoms with E-state index in [1.807, 2.05) is 0 Å². The third kappa shape index (κ3) is 3.61. The molecule has 1 saturated heterocycles. The number of rotatable bonds is 3. The Hall–Kier alpha value is -0.800. The quantitative estimate of drug-likeness (QED) is 0.911. The highest BCUT2D eigenvalue weighted by molar-refractivity contribution is 6.30. The number of benzene rings is 1. The van der Waals surface area contributed by atoms with E-state index in [1.54, 1.807) is 12.1 Å². The van der Waals surface area contributed by atoms with Gasteiger partial charge in [-0.1, -0.05) is 31.9 Å². The second-order valence-corrected chi connectivity index (χ2v) is 5.78. The van der Waals surface area contributed by atoms with Crippen LogP contribution in [0.15, 0.2) is 18.2 Å². The van der Waals surface area contributed by atoms with Crippen molar-refractivity contribution in [1.82, 2.24) is 5.32 Å². The fourth-order valence-corrected chi connectivity index (χ4v) is 2.73. The molecule has 0 bridgehead atoms. The molecule has 1 aromatic rings. The van der Waals surface area contributed by atoms with Gasteiger partial charge in [-0.05, 0) is 37.1 Å². The molecule has 0 spiro atoms. The molecule has 2 atom stereocenters. The summed E-state index contributed by atoms with van der Waals surface area (Å²) in [7, 11) is 0. The zero-order valence-corrected chi connectivity index (χ0v) is 12.4. The van der Waals surface area contributed by atoms with Crippen molar-refractivity contribution in [2.75, 3.05) is 24.5 Å². The third-order valence-corrected chi connectivity index (χ3v) is 4.24. The van der Waals surface area contributed by atoms with Gasteiger partial charge in [0.05, 0.1) is 5.69 Å². The summed E-state index contributed by atoms with van der Waals surface area (Å²) in [5, 5.41) is 4.02. The highest BCUT2D eigenvalue weighted by atomic mass is 35.5. The lowest BCUT2D eigenvalue weighted by Crippen LogP contribution is -2.42. The molecule has 0 amide bonds. The maximum Gasteiger partial charge on any atom is 0.147 e. The van der Waals surface area contributed by atoms with Gasteiger partial charge in [0, 0.05) is 24.2 Å². The standard InChI is InChI=1S/C15H22ClFN2/c1-3-11(2)14-10-19(8-4-7-18-14)15-6-5-12(16)9-13(15)17/h5-6,9,11,14,18H,3-4,7-8,10H2,1-2H3. The summed E-state index contributed by atoms with van der Waals surface area (Å²) in [6, 6.07) is 5.36. The average Bonchev–Trinajstić information content (AvgIpc) is 2.63. The van der Waals surface area contributed by atoms with Gasteiger partial charge in [-0.3, -0.25) is 0 Å². The van der Waals surface area contributed by atoms with Crippen LogP contribution in [0.4, 0.5) is 10.1 Å². The smallest absolute Gasteiger partial charge is 0.147 e. The number of hydrogen-bond acceptors (Lipinski definition) is 2. The molecule has 0 aliphatic carbocycles. The minimum absolute atomic E-state index is 0.225. The van der Waals surface area contributed by atoms with Crippen molar-refractivity contribution in [2.45, 2.75) is 32.7 Å². The van der Waals surface area contributed by atoms with E-state index in [-0.39, 0.29) is 5.82 Å². The lowest BCUT2D eigenvalue weighted by molar-refractivity contribution is 0.383. The topological polar surface area (TPSA) is 15.3 Å². The van der Waals surface area contributed by atoms with Crippen molar-refractivity contribution in [3.05, 3.63) is 29.0 Å². The zero-order valence-electron chi connectivity index (χ0n) is 11.6. The fourth-order valence-electron chi connectivity index (χ4n) is 2.57. The molecular weight excluding hydrogens is 263 g/mol. The van der Waals surface area contributed by atoms with E-state index in [2.05, 4.69) is 24.1 Å². The van der Waals surface area contributed by atoms with Gasteiger partial charge < -0.3 is 10.2 Å². The van der Waals surface area contributed by atoms with Crippen LogP contribution in [-0.2, 0) is 0 Å². The predicted octanol–water partition coefficient (Wildman–Crippen LogP) is 3.69. The molecule has 2 nitrogen and oxygen atoms in total. The Balaban J connectivity index is 2.17. The zero-order chi connectivity index (χ0) is 13.8. The Morgan fingerprint density at radius 1 is 1.53 bits per heavy atom. The summed E-state index contributed by atoms with van der Waals surface area (Å²) < 4.78 is 14.0. The van der Waals surface area contributed by atoms with Crippen LogP contribution in [0.1, 0.15) is 26.7 Å². The second-order valence-electron chi connectivity index (χ2n) is 5.34. The molecule has 19 heavy (non-hydrogen) atoms. The fraction of sp³-hybridized carbons (Fsp3) is 0.600. The van der Waals surface area contributed by atoms with Crippen molar-refractivity contribution in [1.29, 1.82) is 0 Å². The minimum atomic E-state index is -0.225. The van der Waals surface area contributed by atoms with E-state index in [4.69, 9.17) is 11.6 Å². The first-order valence-corrected chi connectivity index (χ1v) is 7.43. The normalized spacial score (nSPS) is 22.1. The Bertz CT molecular complexity index is 425.